The Kier molecular flexibility index (Phi) is 6.41. The van der Waals surface area contributed by atoms with Crippen LogP contribution in [-0.4, -0.2) is 34.8 Å². The van der Waals surface area contributed by atoms with Crippen molar-refractivity contribution in [1.82, 2.24) is 10.3 Å². The zero-order chi connectivity index (χ0) is 16.9. The maximum absolute atomic E-state index is 12.4. The van der Waals surface area contributed by atoms with Crippen LogP contribution in [-0.2, 0) is 9.53 Å². The van der Waals surface area contributed by atoms with Crippen LogP contribution in [0.25, 0.3) is 0 Å². The SMILES string of the molecule is CSc1ncccc1C(=O)O[C@@H](C(=O)NC(C)(C)C)C(C)C. The van der Waals surface area contributed by atoms with Gasteiger partial charge >= 0.3 is 5.97 Å². The smallest absolute Gasteiger partial charge is 0.341 e. The van der Waals surface area contributed by atoms with Crippen LogP contribution in [0.1, 0.15) is 45.0 Å². The van der Waals surface area contributed by atoms with Crippen molar-refractivity contribution in [3.8, 4) is 0 Å². The lowest BCUT2D eigenvalue weighted by molar-refractivity contribution is -0.133. The third-order valence-corrected chi connectivity index (χ3v) is 3.49. The molecule has 0 fully saturated rings. The number of nitrogens with one attached hydrogen (secondary N) is 1. The van der Waals surface area contributed by atoms with E-state index in [1.807, 2.05) is 40.9 Å². The molecule has 0 aliphatic rings. The van der Waals surface area contributed by atoms with Crippen molar-refractivity contribution in [2.24, 2.45) is 5.92 Å². The van der Waals surface area contributed by atoms with Crippen LogP contribution < -0.4 is 5.32 Å². The van der Waals surface area contributed by atoms with E-state index < -0.39 is 12.1 Å². The number of pyridine rings is 1. The molecule has 0 aromatic carbocycles. The minimum Gasteiger partial charge on any atom is -0.448 e. The molecule has 0 saturated heterocycles. The summed E-state index contributed by atoms with van der Waals surface area (Å²) in [6.07, 6.45) is 2.63. The molecule has 1 rings (SSSR count). The lowest BCUT2D eigenvalue weighted by Gasteiger charge is -2.26. The number of ether oxygens (including phenoxy) is 1. The first-order chi connectivity index (χ1) is 10.2. The van der Waals surface area contributed by atoms with Crippen molar-refractivity contribution in [2.75, 3.05) is 6.26 Å². The molecule has 0 unspecified atom stereocenters. The van der Waals surface area contributed by atoms with Crippen LogP contribution in [0, 0.1) is 5.92 Å². The Morgan fingerprint density at radius 3 is 2.45 bits per heavy atom. The highest BCUT2D eigenvalue weighted by Crippen LogP contribution is 2.20. The number of carbonyl (C=O) groups excluding carboxylic acids is 2. The lowest BCUT2D eigenvalue weighted by atomic mass is 10.0. The van der Waals surface area contributed by atoms with Crippen molar-refractivity contribution in [3.63, 3.8) is 0 Å². The number of hydrogen-bond acceptors (Lipinski definition) is 5. The van der Waals surface area contributed by atoms with Gasteiger partial charge in [0, 0.05) is 11.7 Å². The van der Waals surface area contributed by atoms with E-state index in [0.29, 0.717) is 10.6 Å². The normalized spacial score (nSPS) is 12.9. The first-order valence-electron chi connectivity index (χ1n) is 7.17. The Morgan fingerprint density at radius 2 is 1.95 bits per heavy atom. The van der Waals surface area contributed by atoms with Crippen LogP contribution in [0.5, 0.6) is 0 Å². The van der Waals surface area contributed by atoms with Gasteiger partial charge in [0.25, 0.3) is 5.91 Å². The van der Waals surface area contributed by atoms with Crippen molar-refractivity contribution < 1.29 is 14.3 Å². The highest BCUT2D eigenvalue weighted by molar-refractivity contribution is 7.98. The van der Waals surface area contributed by atoms with Gasteiger partial charge in [-0.3, -0.25) is 4.79 Å². The molecule has 0 aliphatic heterocycles. The maximum Gasteiger partial charge on any atom is 0.341 e. The van der Waals surface area contributed by atoms with E-state index >= 15 is 0 Å². The van der Waals surface area contributed by atoms with Crippen molar-refractivity contribution in [2.45, 2.75) is 51.3 Å². The molecule has 0 aliphatic carbocycles. The third-order valence-electron chi connectivity index (χ3n) is 2.78. The average Bonchev–Trinajstić information content (AvgIpc) is 2.42. The van der Waals surface area contributed by atoms with Crippen LogP contribution in [0.3, 0.4) is 0 Å². The van der Waals surface area contributed by atoms with Gasteiger partial charge in [-0.15, -0.1) is 11.8 Å². The molecule has 6 heteroatoms. The van der Waals surface area contributed by atoms with E-state index in [0.717, 1.165) is 0 Å². The summed E-state index contributed by atoms with van der Waals surface area (Å²) in [5.41, 5.74) is -0.000702. The molecule has 22 heavy (non-hydrogen) atoms. The van der Waals surface area contributed by atoms with Gasteiger partial charge in [-0.25, -0.2) is 9.78 Å². The van der Waals surface area contributed by atoms with Gasteiger partial charge < -0.3 is 10.1 Å². The second-order valence-electron chi connectivity index (χ2n) is 6.37. The first-order valence-corrected chi connectivity index (χ1v) is 8.40. The van der Waals surface area contributed by atoms with E-state index in [1.54, 1.807) is 18.3 Å². The summed E-state index contributed by atoms with van der Waals surface area (Å²) in [5, 5.41) is 3.44. The Bertz CT molecular complexity index is 538. The fourth-order valence-electron chi connectivity index (χ4n) is 1.82. The molecule has 0 saturated carbocycles. The summed E-state index contributed by atoms with van der Waals surface area (Å²) in [4.78, 5) is 28.8. The maximum atomic E-state index is 12.4. The van der Waals surface area contributed by atoms with Crippen LogP contribution in [0.4, 0.5) is 0 Å². The molecule has 5 nitrogen and oxygen atoms in total. The zero-order valence-corrected chi connectivity index (χ0v) is 14.8. The first kappa shape index (κ1) is 18.5. The number of nitrogens with zero attached hydrogens (tertiary/aromatic N) is 1. The molecule has 1 aromatic rings. The fraction of sp³-hybridized carbons (Fsp3) is 0.562. The molecule has 1 aromatic heterocycles. The second kappa shape index (κ2) is 7.63. The summed E-state index contributed by atoms with van der Waals surface area (Å²) >= 11 is 1.37. The Balaban J connectivity index is 2.91. The molecular formula is C16H24N2O3S. The molecule has 122 valence electrons. The van der Waals surface area contributed by atoms with Gasteiger partial charge in [0.05, 0.1) is 5.56 Å². The number of hydrogen-bond donors (Lipinski definition) is 1. The van der Waals surface area contributed by atoms with E-state index in [4.69, 9.17) is 4.74 Å². The number of aromatic nitrogens is 1. The minimum atomic E-state index is -0.832. The predicted molar refractivity (Wildman–Crippen MR) is 88.0 cm³/mol. The molecule has 1 N–H and O–H groups in total. The number of esters is 1. The topological polar surface area (TPSA) is 68.3 Å². The molecule has 1 atom stereocenters. The van der Waals surface area contributed by atoms with E-state index in [9.17, 15) is 9.59 Å². The van der Waals surface area contributed by atoms with Crippen LogP contribution in [0.15, 0.2) is 23.4 Å². The Hall–Kier alpha value is -1.56. The highest BCUT2D eigenvalue weighted by atomic mass is 32.2. The van der Waals surface area contributed by atoms with Crippen LogP contribution in [0.2, 0.25) is 0 Å². The standard InChI is InChI=1S/C16H24N2O3S/c1-10(2)12(13(19)18-16(3,4)5)21-15(20)11-8-7-9-17-14(11)22-6/h7-10,12H,1-6H3,(H,18,19)/t12-/m1/s1. The largest absolute Gasteiger partial charge is 0.448 e. The number of amides is 1. The zero-order valence-electron chi connectivity index (χ0n) is 14.0. The fourth-order valence-corrected chi connectivity index (χ4v) is 2.36. The molecular weight excluding hydrogens is 300 g/mol. The van der Waals surface area contributed by atoms with Gasteiger partial charge in [0.2, 0.25) is 0 Å². The van der Waals surface area contributed by atoms with E-state index in [-0.39, 0.29) is 17.4 Å². The molecule has 1 heterocycles. The minimum absolute atomic E-state index is 0.124. The molecule has 1 amide bonds. The second-order valence-corrected chi connectivity index (χ2v) is 7.16. The molecule has 0 radical (unpaired) electrons. The monoisotopic (exact) mass is 324 g/mol. The highest BCUT2D eigenvalue weighted by Gasteiger charge is 2.30. The number of thioether (sulfide) groups is 1. The van der Waals surface area contributed by atoms with Gasteiger partial charge in [-0.1, -0.05) is 13.8 Å². The summed E-state index contributed by atoms with van der Waals surface area (Å²) in [6.45, 7) is 9.35. The van der Waals surface area contributed by atoms with Crippen molar-refractivity contribution in [3.05, 3.63) is 23.9 Å². The molecule has 0 spiro atoms. The Labute approximate surface area is 136 Å². The van der Waals surface area contributed by atoms with Crippen molar-refractivity contribution >= 4 is 23.6 Å². The van der Waals surface area contributed by atoms with Gasteiger partial charge in [-0.2, -0.15) is 0 Å². The Morgan fingerprint density at radius 1 is 1.32 bits per heavy atom. The summed E-state index contributed by atoms with van der Waals surface area (Å²) in [6, 6.07) is 3.33. The summed E-state index contributed by atoms with van der Waals surface area (Å²) in [7, 11) is 0. The van der Waals surface area contributed by atoms with E-state index in [2.05, 4.69) is 10.3 Å². The van der Waals surface area contributed by atoms with E-state index in [1.165, 1.54) is 11.8 Å². The quantitative estimate of drug-likeness (QED) is 0.666. The number of carbonyl (C=O) groups is 2. The molecule has 0 bridgehead atoms. The number of rotatable bonds is 5. The summed E-state index contributed by atoms with van der Waals surface area (Å²) < 4.78 is 5.44. The predicted octanol–water partition coefficient (Wildman–Crippen LogP) is 2.90. The van der Waals surface area contributed by atoms with Crippen LogP contribution >= 0.6 is 11.8 Å². The van der Waals surface area contributed by atoms with Gasteiger partial charge in [0.1, 0.15) is 5.03 Å². The van der Waals surface area contributed by atoms with Gasteiger partial charge in [-0.05, 0) is 45.1 Å². The summed E-state index contributed by atoms with van der Waals surface area (Å²) in [5.74, 6) is -0.939. The van der Waals surface area contributed by atoms with Crippen molar-refractivity contribution in [1.29, 1.82) is 0 Å². The van der Waals surface area contributed by atoms with Gasteiger partial charge in [0.15, 0.2) is 6.10 Å². The lowest BCUT2D eigenvalue weighted by Crippen LogP contribution is -2.48. The average molecular weight is 324 g/mol. The third kappa shape index (κ3) is 5.33.